The van der Waals surface area contributed by atoms with Crippen LogP contribution >= 0.6 is 12.2 Å². The van der Waals surface area contributed by atoms with Crippen LogP contribution in [-0.2, 0) is 6.54 Å². The van der Waals surface area contributed by atoms with Crippen LogP contribution in [0.25, 0.3) is 0 Å². The molecule has 3 rings (SSSR count). The Balaban J connectivity index is 1.45. The van der Waals surface area contributed by atoms with Crippen LogP contribution in [0.1, 0.15) is 29.7 Å². The van der Waals surface area contributed by atoms with Crippen molar-refractivity contribution in [2.45, 2.75) is 19.6 Å². The quantitative estimate of drug-likeness (QED) is 0.345. The van der Waals surface area contributed by atoms with Gasteiger partial charge in [-0.25, -0.2) is 0 Å². The summed E-state index contributed by atoms with van der Waals surface area (Å²) in [4.78, 5) is 0. The van der Waals surface area contributed by atoms with E-state index in [1.165, 1.54) is 0 Å². The van der Waals surface area contributed by atoms with E-state index in [2.05, 4.69) is 28.0 Å². The molecule has 0 spiro atoms. The molecule has 3 aromatic rings. The molecule has 1 atom stereocenters. The number of hydrogen-bond acceptors (Lipinski definition) is 3. The molecule has 0 aliphatic heterocycles. The highest BCUT2D eigenvalue weighted by Crippen LogP contribution is 2.21. The number of nitrogens with zero attached hydrogens (tertiary/aromatic N) is 1. The Morgan fingerprint density at radius 1 is 0.964 bits per heavy atom. The maximum Gasteiger partial charge on any atom is 0.187 e. The molecule has 0 aliphatic rings. The van der Waals surface area contributed by atoms with Gasteiger partial charge in [0.25, 0.3) is 0 Å². The number of hydrazone groups is 1. The van der Waals surface area contributed by atoms with Gasteiger partial charge in [-0.15, -0.1) is 0 Å². The van der Waals surface area contributed by atoms with E-state index >= 15 is 0 Å². The number of rotatable bonds is 7. The second-order valence-corrected chi connectivity index (χ2v) is 6.69. The van der Waals surface area contributed by atoms with Gasteiger partial charge in [0.15, 0.2) is 5.11 Å². The lowest BCUT2D eigenvalue weighted by molar-refractivity contribution is 0.227. The molecule has 0 amide bonds. The van der Waals surface area contributed by atoms with Crippen molar-refractivity contribution in [2.24, 2.45) is 5.10 Å². The largest absolute Gasteiger partial charge is 0.486 e. The molecule has 0 radical (unpaired) electrons. The van der Waals surface area contributed by atoms with Crippen LogP contribution in [0, 0.1) is 0 Å². The van der Waals surface area contributed by atoms with Crippen LogP contribution in [0.5, 0.6) is 5.75 Å². The Bertz CT molecular complexity index is 896. The first-order chi connectivity index (χ1) is 13.7. The highest BCUT2D eigenvalue weighted by atomic mass is 32.1. The van der Waals surface area contributed by atoms with Gasteiger partial charge in [0.2, 0.25) is 0 Å². The van der Waals surface area contributed by atoms with Gasteiger partial charge in [0.05, 0.1) is 6.21 Å². The zero-order valence-electron chi connectivity index (χ0n) is 15.7. The fourth-order valence-electron chi connectivity index (χ4n) is 2.61. The number of ether oxygens (including phenoxy) is 1. The third-order valence-corrected chi connectivity index (χ3v) is 4.37. The van der Waals surface area contributed by atoms with E-state index in [-0.39, 0.29) is 6.10 Å². The Morgan fingerprint density at radius 2 is 1.61 bits per heavy atom. The van der Waals surface area contributed by atoms with Crippen molar-refractivity contribution >= 4 is 23.5 Å². The summed E-state index contributed by atoms with van der Waals surface area (Å²) in [6.07, 6.45) is 1.72. The molecule has 0 saturated heterocycles. The van der Waals surface area contributed by atoms with Gasteiger partial charge in [-0.05, 0) is 60.1 Å². The molecular weight excluding hydrogens is 366 g/mol. The lowest BCUT2D eigenvalue weighted by Crippen LogP contribution is -2.31. The van der Waals surface area contributed by atoms with E-state index in [9.17, 15) is 0 Å². The zero-order chi connectivity index (χ0) is 19.6. The van der Waals surface area contributed by atoms with E-state index in [0.717, 1.165) is 22.4 Å². The van der Waals surface area contributed by atoms with Crippen molar-refractivity contribution in [3.05, 3.63) is 102 Å². The Morgan fingerprint density at radius 3 is 2.29 bits per heavy atom. The van der Waals surface area contributed by atoms with Gasteiger partial charge in [-0.2, -0.15) is 5.10 Å². The summed E-state index contributed by atoms with van der Waals surface area (Å²) in [5, 5.41) is 7.77. The Kier molecular flexibility index (Phi) is 7.15. The first-order valence-electron chi connectivity index (χ1n) is 9.13. The fourth-order valence-corrected chi connectivity index (χ4v) is 2.74. The summed E-state index contributed by atoms with van der Waals surface area (Å²) in [5.41, 5.74) is 6.09. The van der Waals surface area contributed by atoms with Gasteiger partial charge in [-0.1, -0.05) is 60.7 Å². The molecule has 3 aromatic carbocycles. The number of thiocarbonyl (C=S) groups is 1. The van der Waals surface area contributed by atoms with Crippen molar-refractivity contribution in [3.63, 3.8) is 0 Å². The molecule has 0 bridgehead atoms. The predicted molar refractivity (Wildman–Crippen MR) is 119 cm³/mol. The van der Waals surface area contributed by atoms with Crippen molar-refractivity contribution in [3.8, 4) is 5.75 Å². The summed E-state index contributed by atoms with van der Waals surface area (Å²) in [5.74, 6) is 0.821. The second-order valence-electron chi connectivity index (χ2n) is 6.28. The van der Waals surface area contributed by atoms with Crippen LogP contribution in [0.4, 0.5) is 0 Å². The first kappa shape index (κ1) is 19.6. The minimum absolute atomic E-state index is 0.00422. The normalized spacial score (nSPS) is 11.8. The topological polar surface area (TPSA) is 45.6 Å². The van der Waals surface area contributed by atoms with Gasteiger partial charge >= 0.3 is 0 Å². The van der Waals surface area contributed by atoms with Crippen LogP contribution in [0.15, 0.2) is 90.0 Å². The minimum atomic E-state index is -0.00422. The van der Waals surface area contributed by atoms with Crippen LogP contribution in [0.3, 0.4) is 0 Å². The third kappa shape index (κ3) is 6.21. The molecule has 5 heteroatoms. The fraction of sp³-hybridized carbons (Fsp3) is 0.130. The second kappa shape index (κ2) is 10.2. The molecule has 0 aliphatic carbocycles. The maximum atomic E-state index is 5.98. The van der Waals surface area contributed by atoms with Gasteiger partial charge in [0, 0.05) is 6.54 Å². The lowest BCUT2D eigenvalue weighted by atomic mass is 10.1. The number of benzene rings is 3. The summed E-state index contributed by atoms with van der Waals surface area (Å²) in [6, 6.07) is 28.0. The number of hydrogen-bond donors (Lipinski definition) is 2. The lowest BCUT2D eigenvalue weighted by Gasteiger charge is -2.15. The van der Waals surface area contributed by atoms with Gasteiger partial charge in [-0.3, -0.25) is 5.43 Å². The van der Waals surface area contributed by atoms with E-state index in [1.807, 2.05) is 79.7 Å². The average molecular weight is 390 g/mol. The van der Waals surface area contributed by atoms with E-state index < -0.39 is 0 Å². The van der Waals surface area contributed by atoms with Crippen LogP contribution in [-0.4, -0.2) is 11.3 Å². The first-order valence-corrected chi connectivity index (χ1v) is 9.54. The van der Waals surface area contributed by atoms with Crippen molar-refractivity contribution in [1.29, 1.82) is 0 Å². The molecule has 4 nitrogen and oxygen atoms in total. The highest BCUT2D eigenvalue weighted by molar-refractivity contribution is 7.80. The SMILES string of the molecule is C[C@@H](Oc1ccc(/C=N\NC(=S)NCc2ccccc2)cc1)c1ccccc1. The zero-order valence-corrected chi connectivity index (χ0v) is 16.5. The highest BCUT2D eigenvalue weighted by Gasteiger charge is 2.06. The maximum absolute atomic E-state index is 5.98. The van der Waals surface area contributed by atoms with Crippen molar-refractivity contribution in [1.82, 2.24) is 10.7 Å². The molecule has 28 heavy (non-hydrogen) atoms. The molecule has 142 valence electrons. The third-order valence-electron chi connectivity index (χ3n) is 4.14. The molecule has 0 aromatic heterocycles. The van der Waals surface area contributed by atoms with Gasteiger partial charge < -0.3 is 10.1 Å². The van der Waals surface area contributed by atoms with E-state index in [0.29, 0.717) is 11.7 Å². The summed E-state index contributed by atoms with van der Waals surface area (Å²) >= 11 is 5.23. The Labute approximate surface area is 171 Å². The summed E-state index contributed by atoms with van der Waals surface area (Å²) in [6.45, 7) is 2.70. The number of nitrogens with one attached hydrogen (secondary N) is 2. The van der Waals surface area contributed by atoms with Crippen LogP contribution in [0.2, 0.25) is 0 Å². The van der Waals surface area contributed by atoms with Crippen molar-refractivity contribution in [2.75, 3.05) is 0 Å². The van der Waals surface area contributed by atoms with Crippen molar-refractivity contribution < 1.29 is 4.74 Å². The van der Waals surface area contributed by atoms with Crippen LogP contribution < -0.4 is 15.5 Å². The minimum Gasteiger partial charge on any atom is -0.486 e. The molecule has 0 heterocycles. The molecular formula is C23H23N3OS. The van der Waals surface area contributed by atoms with E-state index in [1.54, 1.807) is 6.21 Å². The standard InChI is InChI=1S/C23H23N3OS/c1-18(21-10-6-3-7-11-21)27-22-14-12-20(13-15-22)17-25-26-23(28)24-16-19-8-4-2-5-9-19/h2-15,17-18H,16H2,1H3,(H2,24,26,28)/b25-17-/t18-/m1/s1. The van der Waals surface area contributed by atoms with E-state index in [4.69, 9.17) is 17.0 Å². The smallest absolute Gasteiger partial charge is 0.187 e. The predicted octanol–water partition coefficient (Wildman–Crippen LogP) is 4.82. The summed E-state index contributed by atoms with van der Waals surface area (Å²) < 4.78 is 5.98. The molecule has 0 fully saturated rings. The average Bonchev–Trinajstić information content (AvgIpc) is 2.75. The summed E-state index contributed by atoms with van der Waals surface area (Å²) in [7, 11) is 0. The van der Waals surface area contributed by atoms with Gasteiger partial charge in [0.1, 0.15) is 11.9 Å². The monoisotopic (exact) mass is 389 g/mol. The Hall–Kier alpha value is -3.18. The molecule has 0 unspecified atom stereocenters. The molecule has 2 N–H and O–H groups in total. The molecule has 0 saturated carbocycles.